The van der Waals surface area contributed by atoms with Crippen LogP contribution < -0.4 is 10.6 Å². The van der Waals surface area contributed by atoms with Gasteiger partial charge in [-0.05, 0) is 24.3 Å². The lowest BCUT2D eigenvalue weighted by Gasteiger charge is -2.12. The SMILES string of the molecule is CC(=O)c1nnc(-c2ccccc2)n1Nc1ccc(S(N)(=O)=O)cc1. The molecule has 0 spiro atoms. The number of primary sulfonamides is 1. The van der Waals surface area contributed by atoms with Crippen LogP contribution in [0.25, 0.3) is 11.4 Å². The van der Waals surface area contributed by atoms with Crippen molar-refractivity contribution in [3.8, 4) is 11.4 Å². The van der Waals surface area contributed by atoms with Crippen LogP contribution in [0.15, 0.2) is 59.5 Å². The molecule has 3 rings (SSSR count). The Hall–Kier alpha value is -3.04. The van der Waals surface area contributed by atoms with Crippen molar-refractivity contribution < 1.29 is 13.2 Å². The molecule has 3 aromatic rings. The van der Waals surface area contributed by atoms with Crippen LogP contribution in [0.4, 0.5) is 5.69 Å². The highest BCUT2D eigenvalue weighted by atomic mass is 32.2. The number of Topliss-reactive ketones (excluding diaryl/α,β-unsaturated/α-hetero) is 1. The van der Waals surface area contributed by atoms with Crippen molar-refractivity contribution >= 4 is 21.5 Å². The molecule has 0 unspecified atom stereocenters. The smallest absolute Gasteiger partial charge is 0.238 e. The lowest BCUT2D eigenvalue weighted by atomic mass is 10.2. The fourth-order valence-corrected chi connectivity index (χ4v) is 2.76. The number of anilines is 1. The zero-order valence-corrected chi connectivity index (χ0v) is 14.1. The summed E-state index contributed by atoms with van der Waals surface area (Å²) in [5.41, 5.74) is 4.34. The summed E-state index contributed by atoms with van der Waals surface area (Å²) in [5, 5.41) is 13.1. The number of rotatable bonds is 5. The van der Waals surface area contributed by atoms with Crippen LogP contribution in [-0.2, 0) is 10.0 Å². The summed E-state index contributed by atoms with van der Waals surface area (Å²) >= 11 is 0. The maximum atomic E-state index is 11.8. The molecule has 0 saturated carbocycles. The van der Waals surface area contributed by atoms with Crippen LogP contribution in [0.3, 0.4) is 0 Å². The Morgan fingerprint density at radius 2 is 1.68 bits per heavy atom. The Bertz CT molecular complexity index is 1010. The van der Waals surface area contributed by atoms with E-state index < -0.39 is 10.0 Å². The number of nitrogens with one attached hydrogen (secondary N) is 1. The van der Waals surface area contributed by atoms with Crippen LogP contribution >= 0.6 is 0 Å². The van der Waals surface area contributed by atoms with E-state index in [-0.39, 0.29) is 16.5 Å². The molecule has 0 aliphatic rings. The molecule has 0 aliphatic heterocycles. The fourth-order valence-electron chi connectivity index (χ4n) is 2.24. The van der Waals surface area contributed by atoms with Gasteiger partial charge in [-0.15, -0.1) is 10.2 Å². The van der Waals surface area contributed by atoms with Gasteiger partial charge in [0, 0.05) is 12.5 Å². The Morgan fingerprint density at radius 3 is 2.24 bits per heavy atom. The zero-order chi connectivity index (χ0) is 18.0. The first-order valence-electron chi connectivity index (χ1n) is 7.28. The van der Waals surface area contributed by atoms with Crippen molar-refractivity contribution in [3.05, 3.63) is 60.4 Å². The minimum atomic E-state index is -3.77. The van der Waals surface area contributed by atoms with Crippen LogP contribution in [0, 0.1) is 0 Å². The molecular formula is C16H15N5O3S. The Labute approximate surface area is 144 Å². The minimum Gasteiger partial charge on any atom is -0.291 e. The molecule has 0 amide bonds. The van der Waals surface area contributed by atoms with E-state index in [4.69, 9.17) is 5.14 Å². The Balaban J connectivity index is 2.01. The summed E-state index contributed by atoms with van der Waals surface area (Å²) in [4.78, 5) is 11.8. The molecule has 1 heterocycles. The molecule has 1 aromatic heterocycles. The quantitative estimate of drug-likeness (QED) is 0.670. The summed E-state index contributed by atoms with van der Waals surface area (Å²) in [5.74, 6) is 0.332. The average molecular weight is 357 g/mol. The molecule has 8 nitrogen and oxygen atoms in total. The molecule has 0 aliphatic carbocycles. The second-order valence-electron chi connectivity index (χ2n) is 5.29. The van der Waals surface area contributed by atoms with E-state index in [1.807, 2.05) is 30.3 Å². The average Bonchev–Trinajstić information content (AvgIpc) is 2.99. The molecule has 0 atom stereocenters. The van der Waals surface area contributed by atoms with E-state index in [1.165, 1.54) is 23.7 Å². The number of carbonyl (C=O) groups excluding carboxylic acids is 1. The van der Waals surface area contributed by atoms with Gasteiger partial charge in [0.2, 0.25) is 15.8 Å². The Kier molecular flexibility index (Phi) is 4.34. The van der Waals surface area contributed by atoms with E-state index in [0.29, 0.717) is 11.5 Å². The fraction of sp³-hybridized carbons (Fsp3) is 0.0625. The minimum absolute atomic E-state index is 0.00289. The van der Waals surface area contributed by atoms with Crippen LogP contribution in [0.1, 0.15) is 17.5 Å². The molecule has 0 fully saturated rings. The van der Waals surface area contributed by atoms with Crippen molar-refractivity contribution in [1.82, 2.24) is 14.9 Å². The van der Waals surface area contributed by atoms with Crippen LogP contribution in [-0.4, -0.2) is 29.1 Å². The number of nitrogens with two attached hydrogens (primary N) is 1. The van der Waals surface area contributed by atoms with Gasteiger partial charge >= 0.3 is 0 Å². The molecule has 128 valence electrons. The summed E-state index contributed by atoms with van der Waals surface area (Å²) in [7, 11) is -3.77. The van der Waals surface area contributed by atoms with Gasteiger partial charge in [-0.1, -0.05) is 30.3 Å². The van der Waals surface area contributed by atoms with E-state index in [2.05, 4.69) is 15.6 Å². The number of benzene rings is 2. The summed E-state index contributed by atoms with van der Waals surface area (Å²) in [6.45, 7) is 1.39. The van der Waals surface area contributed by atoms with Gasteiger partial charge in [-0.2, -0.15) is 0 Å². The van der Waals surface area contributed by atoms with E-state index >= 15 is 0 Å². The number of nitrogens with zero attached hydrogens (tertiary/aromatic N) is 3. The highest BCUT2D eigenvalue weighted by Gasteiger charge is 2.17. The lowest BCUT2D eigenvalue weighted by Crippen LogP contribution is -2.17. The van der Waals surface area contributed by atoms with Gasteiger partial charge in [-0.25, -0.2) is 18.2 Å². The summed E-state index contributed by atoms with van der Waals surface area (Å²) in [6.07, 6.45) is 0. The first-order valence-corrected chi connectivity index (χ1v) is 8.82. The first kappa shape index (κ1) is 16.8. The largest absolute Gasteiger partial charge is 0.291 e. The maximum Gasteiger partial charge on any atom is 0.238 e. The highest BCUT2D eigenvalue weighted by Crippen LogP contribution is 2.20. The highest BCUT2D eigenvalue weighted by molar-refractivity contribution is 7.89. The first-order chi connectivity index (χ1) is 11.9. The van der Waals surface area contributed by atoms with Crippen LogP contribution in [0.2, 0.25) is 0 Å². The van der Waals surface area contributed by atoms with Gasteiger partial charge in [0.05, 0.1) is 10.6 Å². The standard InChI is InChI=1S/C16H15N5O3S/c1-11(22)15-18-19-16(12-5-3-2-4-6-12)21(15)20-13-7-9-14(10-8-13)25(17,23)24/h2-10,20H,1H3,(H2,17,23,24). The third-order valence-electron chi connectivity index (χ3n) is 3.43. The molecule has 2 aromatic carbocycles. The lowest BCUT2D eigenvalue weighted by molar-refractivity contribution is 0.100. The normalized spacial score (nSPS) is 11.3. The predicted octanol–water partition coefficient (Wildman–Crippen LogP) is 1.67. The molecule has 0 radical (unpaired) electrons. The Morgan fingerprint density at radius 1 is 1.04 bits per heavy atom. The van der Waals surface area contributed by atoms with Gasteiger partial charge in [0.15, 0.2) is 11.6 Å². The predicted molar refractivity (Wildman–Crippen MR) is 92.3 cm³/mol. The molecule has 0 saturated heterocycles. The van der Waals surface area contributed by atoms with Crippen LogP contribution in [0.5, 0.6) is 0 Å². The number of sulfonamides is 1. The molecular weight excluding hydrogens is 342 g/mol. The van der Waals surface area contributed by atoms with Crippen molar-refractivity contribution in [2.24, 2.45) is 5.14 Å². The van der Waals surface area contributed by atoms with Crippen molar-refractivity contribution in [1.29, 1.82) is 0 Å². The van der Waals surface area contributed by atoms with Gasteiger partial charge < -0.3 is 0 Å². The topological polar surface area (TPSA) is 120 Å². The summed E-state index contributed by atoms with van der Waals surface area (Å²) in [6, 6.07) is 15.1. The molecule has 9 heteroatoms. The second kappa shape index (κ2) is 6.46. The zero-order valence-electron chi connectivity index (χ0n) is 13.2. The summed E-state index contributed by atoms with van der Waals surface area (Å²) < 4.78 is 24.1. The van der Waals surface area contributed by atoms with E-state index in [0.717, 1.165) is 5.56 Å². The molecule has 25 heavy (non-hydrogen) atoms. The van der Waals surface area contributed by atoms with Crippen molar-refractivity contribution in [2.45, 2.75) is 11.8 Å². The monoisotopic (exact) mass is 357 g/mol. The number of ketones is 1. The number of carbonyl (C=O) groups is 1. The van der Waals surface area contributed by atoms with Gasteiger partial charge in [0.25, 0.3) is 0 Å². The third kappa shape index (κ3) is 3.57. The van der Waals surface area contributed by atoms with Gasteiger partial charge in [-0.3, -0.25) is 10.2 Å². The number of hydrogen-bond acceptors (Lipinski definition) is 6. The third-order valence-corrected chi connectivity index (χ3v) is 4.36. The second-order valence-corrected chi connectivity index (χ2v) is 6.85. The van der Waals surface area contributed by atoms with Crippen molar-refractivity contribution in [2.75, 3.05) is 5.43 Å². The number of hydrogen-bond donors (Lipinski definition) is 2. The van der Waals surface area contributed by atoms with E-state index in [1.54, 1.807) is 12.1 Å². The maximum absolute atomic E-state index is 11.8. The van der Waals surface area contributed by atoms with Crippen molar-refractivity contribution in [3.63, 3.8) is 0 Å². The van der Waals surface area contributed by atoms with E-state index in [9.17, 15) is 13.2 Å². The molecule has 3 N–H and O–H groups in total. The van der Waals surface area contributed by atoms with Gasteiger partial charge in [0.1, 0.15) is 0 Å². The number of aromatic nitrogens is 3. The molecule has 0 bridgehead atoms.